The van der Waals surface area contributed by atoms with E-state index >= 15 is 0 Å². The van der Waals surface area contributed by atoms with E-state index in [4.69, 9.17) is 5.11 Å². The molecule has 0 aromatic heterocycles. The maximum Gasteiger partial charge on any atom is 0.0590 e. The normalized spacial score (nSPS) is 24.8. The highest BCUT2D eigenvalue weighted by Gasteiger charge is 2.22. The Bertz CT molecular complexity index is 68.2. The van der Waals surface area contributed by atoms with Crippen molar-refractivity contribution in [2.24, 2.45) is 5.92 Å². The van der Waals surface area contributed by atoms with Crippen molar-refractivity contribution in [3.63, 3.8) is 0 Å². The Kier molecular flexibility index (Phi) is 1.86. The Labute approximate surface area is 49.9 Å². The summed E-state index contributed by atoms with van der Waals surface area (Å²) >= 11 is 0. The van der Waals surface area contributed by atoms with E-state index in [2.05, 4.69) is 5.32 Å². The van der Waals surface area contributed by atoms with Crippen LogP contribution >= 0.6 is 0 Å². The highest BCUT2D eigenvalue weighted by atomic mass is 16.3. The molecular formula is C6H13NO. The van der Waals surface area contributed by atoms with Crippen molar-refractivity contribution < 1.29 is 5.11 Å². The number of hydrogen-bond donors (Lipinski definition) is 2. The average molecular weight is 115 g/mol. The first-order valence-corrected chi connectivity index (χ1v) is 3.23. The molecule has 0 bridgehead atoms. The van der Waals surface area contributed by atoms with Gasteiger partial charge in [-0.25, -0.2) is 0 Å². The van der Waals surface area contributed by atoms with Crippen LogP contribution in [0.15, 0.2) is 0 Å². The van der Waals surface area contributed by atoms with Gasteiger partial charge >= 0.3 is 0 Å². The van der Waals surface area contributed by atoms with E-state index < -0.39 is 0 Å². The molecule has 2 heteroatoms. The highest BCUT2D eigenvalue weighted by molar-refractivity contribution is 4.79. The van der Waals surface area contributed by atoms with Crippen molar-refractivity contribution in [3.8, 4) is 0 Å². The topological polar surface area (TPSA) is 32.3 Å². The Morgan fingerprint density at radius 2 is 2.38 bits per heavy atom. The molecule has 8 heavy (non-hydrogen) atoms. The van der Waals surface area contributed by atoms with Crippen LogP contribution in [-0.2, 0) is 0 Å². The zero-order valence-electron chi connectivity index (χ0n) is 5.22. The molecule has 1 heterocycles. The van der Waals surface area contributed by atoms with Crippen LogP contribution in [0.3, 0.4) is 0 Å². The first kappa shape index (κ1) is 6.05. The van der Waals surface area contributed by atoms with Crippen LogP contribution in [0.5, 0.6) is 0 Å². The molecule has 0 saturated carbocycles. The zero-order valence-corrected chi connectivity index (χ0v) is 5.22. The molecule has 0 aliphatic carbocycles. The molecule has 1 aliphatic heterocycles. The number of aliphatic hydroxyl groups is 1. The predicted octanol–water partition coefficient (Wildman–Crippen LogP) is -0.0233. The standard InChI is InChI=1S/C6H13NO/c1-2-6(8)5-3-7-4-5/h5-8H,2-4H2,1H3. The lowest BCUT2D eigenvalue weighted by Crippen LogP contribution is -2.48. The fourth-order valence-corrected chi connectivity index (χ4v) is 0.916. The summed E-state index contributed by atoms with van der Waals surface area (Å²) < 4.78 is 0. The molecule has 1 saturated heterocycles. The van der Waals surface area contributed by atoms with E-state index in [0.29, 0.717) is 5.92 Å². The third kappa shape index (κ3) is 1.01. The third-order valence-corrected chi connectivity index (χ3v) is 1.78. The van der Waals surface area contributed by atoms with Crippen molar-refractivity contribution >= 4 is 0 Å². The molecule has 1 aliphatic rings. The van der Waals surface area contributed by atoms with Crippen molar-refractivity contribution in [1.82, 2.24) is 5.32 Å². The highest BCUT2D eigenvalue weighted by Crippen LogP contribution is 2.10. The Balaban J connectivity index is 2.13. The lowest BCUT2D eigenvalue weighted by molar-refractivity contribution is 0.0738. The van der Waals surface area contributed by atoms with Gasteiger partial charge in [0.25, 0.3) is 0 Å². The number of nitrogens with one attached hydrogen (secondary N) is 1. The lowest BCUT2D eigenvalue weighted by atomic mass is 9.95. The van der Waals surface area contributed by atoms with Gasteiger partial charge in [-0.2, -0.15) is 0 Å². The minimum absolute atomic E-state index is 0.0590. The number of aliphatic hydroxyl groups excluding tert-OH is 1. The number of hydrogen-bond acceptors (Lipinski definition) is 2. The Morgan fingerprint density at radius 3 is 2.50 bits per heavy atom. The van der Waals surface area contributed by atoms with E-state index in [-0.39, 0.29) is 6.10 Å². The van der Waals surface area contributed by atoms with E-state index in [0.717, 1.165) is 19.5 Å². The van der Waals surface area contributed by atoms with Crippen molar-refractivity contribution in [2.45, 2.75) is 19.4 Å². The minimum Gasteiger partial charge on any atom is -0.393 e. The minimum atomic E-state index is -0.0590. The molecule has 0 amide bonds. The van der Waals surface area contributed by atoms with Gasteiger partial charge in [0.1, 0.15) is 0 Å². The van der Waals surface area contributed by atoms with Gasteiger partial charge < -0.3 is 10.4 Å². The van der Waals surface area contributed by atoms with E-state index in [1.54, 1.807) is 0 Å². The molecule has 0 aromatic carbocycles. The molecule has 0 spiro atoms. The average Bonchev–Trinajstić information content (AvgIpc) is 1.62. The van der Waals surface area contributed by atoms with Gasteiger partial charge in [0, 0.05) is 19.0 Å². The van der Waals surface area contributed by atoms with Crippen LogP contribution in [-0.4, -0.2) is 24.3 Å². The van der Waals surface area contributed by atoms with E-state index in [9.17, 15) is 0 Å². The monoisotopic (exact) mass is 115 g/mol. The summed E-state index contributed by atoms with van der Waals surface area (Å²) in [6, 6.07) is 0. The molecule has 1 fully saturated rings. The molecular weight excluding hydrogens is 102 g/mol. The SMILES string of the molecule is CCC(O)C1CNC1. The van der Waals surface area contributed by atoms with Gasteiger partial charge in [-0.1, -0.05) is 6.92 Å². The maximum absolute atomic E-state index is 9.14. The summed E-state index contributed by atoms with van der Waals surface area (Å²) in [5.41, 5.74) is 0. The van der Waals surface area contributed by atoms with Gasteiger partial charge in [-0.05, 0) is 6.42 Å². The first-order valence-electron chi connectivity index (χ1n) is 3.23. The van der Waals surface area contributed by atoms with Crippen LogP contribution < -0.4 is 5.32 Å². The predicted molar refractivity (Wildman–Crippen MR) is 32.7 cm³/mol. The largest absolute Gasteiger partial charge is 0.393 e. The van der Waals surface area contributed by atoms with Crippen LogP contribution in [0.4, 0.5) is 0 Å². The molecule has 2 nitrogen and oxygen atoms in total. The zero-order chi connectivity index (χ0) is 5.98. The molecule has 1 unspecified atom stereocenters. The summed E-state index contributed by atoms with van der Waals surface area (Å²) in [5.74, 6) is 0.542. The second-order valence-electron chi connectivity index (χ2n) is 2.39. The molecule has 0 aromatic rings. The van der Waals surface area contributed by atoms with Crippen molar-refractivity contribution in [3.05, 3.63) is 0 Å². The fourth-order valence-electron chi connectivity index (χ4n) is 0.916. The van der Waals surface area contributed by atoms with Crippen LogP contribution in [0.25, 0.3) is 0 Å². The van der Waals surface area contributed by atoms with E-state index in [1.165, 1.54) is 0 Å². The lowest BCUT2D eigenvalue weighted by Gasteiger charge is -2.30. The third-order valence-electron chi connectivity index (χ3n) is 1.78. The summed E-state index contributed by atoms with van der Waals surface area (Å²) in [5, 5.41) is 12.3. The Hall–Kier alpha value is -0.0800. The van der Waals surface area contributed by atoms with Crippen molar-refractivity contribution in [1.29, 1.82) is 0 Å². The summed E-state index contributed by atoms with van der Waals surface area (Å²) in [7, 11) is 0. The quantitative estimate of drug-likeness (QED) is 0.530. The van der Waals surface area contributed by atoms with Crippen molar-refractivity contribution in [2.75, 3.05) is 13.1 Å². The van der Waals surface area contributed by atoms with Gasteiger partial charge in [0.2, 0.25) is 0 Å². The molecule has 0 radical (unpaired) electrons. The summed E-state index contributed by atoms with van der Waals surface area (Å²) in [4.78, 5) is 0. The first-order chi connectivity index (χ1) is 3.84. The molecule has 1 atom stereocenters. The summed E-state index contributed by atoms with van der Waals surface area (Å²) in [6.45, 7) is 4.03. The number of rotatable bonds is 2. The van der Waals surface area contributed by atoms with Crippen LogP contribution in [0, 0.1) is 5.92 Å². The van der Waals surface area contributed by atoms with Gasteiger partial charge in [0.15, 0.2) is 0 Å². The van der Waals surface area contributed by atoms with Crippen LogP contribution in [0.1, 0.15) is 13.3 Å². The molecule has 48 valence electrons. The molecule has 2 N–H and O–H groups in total. The second kappa shape index (κ2) is 2.46. The Morgan fingerprint density at radius 1 is 1.75 bits per heavy atom. The van der Waals surface area contributed by atoms with Gasteiger partial charge in [-0.3, -0.25) is 0 Å². The maximum atomic E-state index is 9.14. The molecule has 1 rings (SSSR count). The summed E-state index contributed by atoms with van der Waals surface area (Å²) in [6.07, 6.45) is 0.836. The second-order valence-corrected chi connectivity index (χ2v) is 2.39. The van der Waals surface area contributed by atoms with Crippen LogP contribution in [0.2, 0.25) is 0 Å². The van der Waals surface area contributed by atoms with Gasteiger partial charge in [-0.15, -0.1) is 0 Å². The van der Waals surface area contributed by atoms with E-state index in [1.807, 2.05) is 6.92 Å². The smallest absolute Gasteiger partial charge is 0.0590 e. The van der Waals surface area contributed by atoms with Gasteiger partial charge in [0.05, 0.1) is 6.10 Å². The fraction of sp³-hybridized carbons (Fsp3) is 1.00.